The molecule has 0 fully saturated rings. The van der Waals surface area contributed by atoms with E-state index in [9.17, 15) is 4.79 Å². The van der Waals surface area contributed by atoms with E-state index in [0.29, 0.717) is 25.2 Å². The van der Waals surface area contributed by atoms with Gasteiger partial charge in [0.05, 0.1) is 17.8 Å². The van der Waals surface area contributed by atoms with E-state index in [1.807, 2.05) is 72.9 Å². The Kier molecular flexibility index (Phi) is 9.41. The van der Waals surface area contributed by atoms with Crippen LogP contribution < -0.4 is 11.1 Å². The molecular weight excluding hydrogens is 520 g/mol. The first-order chi connectivity index (χ1) is 20.5. The number of nitrogens with zero attached hydrogens (tertiary/aromatic N) is 3. The number of nitrogens with one attached hydrogen (secondary N) is 2. The first kappa shape index (κ1) is 29.2. The second-order valence-corrected chi connectivity index (χ2v) is 11.1. The summed E-state index contributed by atoms with van der Waals surface area (Å²) in [6, 6.07) is 28.1. The highest BCUT2D eigenvalue weighted by molar-refractivity contribution is 6.04. The van der Waals surface area contributed by atoms with Crippen LogP contribution in [-0.2, 0) is 25.2 Å². The predicted molar refractivity (Wildman–Crippen MR) is 170 cm³/mol. The number of benzene rings is 3. The number of amides is 1. The lowest BCUT2D eigenvalue weighted by Gasteiger charge is -2.29. The molecule has 0 aliphatic rings. The Labute approximate surface area is 248 Å². The van der Waals surface area contributed by atoms with Crippen LogP contribution in [0.4, 0.5) is 5.69 Å². The minimum atomic E-state index is -0.322. The van der Waals surface area contributed by atoms with Crippen LogP contribution in [0.2, 0.25) is 0 Å². The number of H-pyrrole nitrogens is 1. The minimum Gasteiger partial charge on any atom is -0.348 e. The van der Waals surface area contributed by atoms with E-state index in [4.69, 9.17) is 10.7 Å². The maximum Gasteiger partial charge on any atom is 0.255 e. The Morgan fingerprint density at radius 2 is 1.62 bits per heavy atom. The molecule has 5 rings (SSSR count). The van der Waals surface area contributed by atoms with Gasteiger partial charge in [0.25, 0.3) is 5.91 Å². The molecular formula is C35H40N6O. The molecule has 7 nitrogen and oxygen atoms in total. The summed E-state index contributed by atoms with van der Waals surface area (Å²) in [5, 5.41) is 4.16. The maximum atomic E-state index is 13.0. The highest BCUT2D eigenvalue weighted by atomic mass is 16.1. The normalized spacial score (nSPS) is 11.7. The summed E-state index contributed by atoms with van der Waals surface area (Å²) in [5.41, 5.74) is 12.0. The van der Waals surface area contributed by atoms with Crippen molar-refractivity contribution >= 4 is 22.5 Å². The Balaban J connectivity index is 1.25. The van der Waals surface area contributed by atoms with Crippen LogP contribution in [0.5, 0.6) is 0 Å². The summed E-state index contributed by atoms with van der Waals surface area (Å²) in [6.45, 7) is 6.34. The number of pyridine rings is 1. The van der Waals surface area contributed by atoms with Gasteiger partial charge < -0.3 is 16.0 Å². The Bertz CT molecular complexity index is 1570. The van der Waals surface area contributed by atoms with Crippen LogP contribution in [0.15, 0.2) is 97.3 Å². The molecule has 2 heterocycles. The third-order valence-electron chi connectivity index (χ3n) is 7.70. The molecule has 0 aliphatic carbocycles. The van der Waals surface area contributed by atoms with Gasteiger partial charge in [0.1, 0.15) is 5.82 Å². The van der Waals surface area contributed by atoms with Gasteiger partial charge in [0, 0.05) is 47.7 Å². The highest BCUT2D eigenvalue weighted by Gasteiger charge is 2.25. The number of aromatic nitrogens is 3. The number of nitrogens with two attached hydrogens (primary N) is 1. The van der Waals surface area contributed by atoms with Gasteiger partial charge in [-0.25, -0.2) is 4.98 Å². The summed E-state index contributed by atoms with van der Waals surface area (Å²) < 4.78 is 0. The molecule has 0 aliphatic heterocycles. The van der Waals surface area contributed by atoms with Crippen molar-refractivity contribution in [3.63, 3.8) is 0 Å². The number of imidazole rings is 1. The molecule has 2 aromatic heterocycles. The van der Waals surface area contributed by atoms with Gasteiger partial charge in [0.2, 0.25) is 0 Å². The van der Waals surface area contributed by atoms with Crippen molar-refractivity contribution in [2.24, 2.45) is 5.73 Å². The second-order valence-electron chi connectivity index (χ2n) is 11.1. The average molecular weight is 561 g/mol. The van der Waals surface area contributed by atoms with Crippen molar-refractivity contribution in [2.75, 3.05) is 5.32 Å². The summed E-state index contributed by atoms with van der Waals surface area (Å²) in [6.07, 6.45) is 7.56. The zero-order valence-corrected chi connectivity index (χ0v) is 24.5. The Hall–Kier alpha value is -4.33. The SMILES string of the molecule is CCCC(N)(CCC)c1ccc(NC(=O)c2ccc(CN(Cc3ccc4ccccc4n3)Cc3ncc[nH]3)cc2)cc1. The minimum absolute atomic E-state index is 0.136. The summed E-state index contributed by atoms with van der Waals surface area (Å²) in [7, 11) is 0. The van der Waals surface area contributed by atoms with Crippen LogP contribution in [-0.4, -0.2) is 25.8 Å². The topological polar surface area (TPSA) is 99.9 Å². The third kappa shape index (κ3) is 7.29. The van der Waals surface area contributed by atoms with Gasteiger partial charge in [-0.05, 0) is 60.4 Å². The van der Waals surface area contributed by atoms with Crippen molar-refractivity contribution in [3.8, 4) is 0 Å². The first-order valence-electron chi connectivity index (χ1n) is 14.8. The van der Waals surface area contributed by atoms with Crippen molar-refractivity contribution in [1.82, 2.24) is 19.9 Å². The fourth-order valence-electron chi connectivity index (χ4n) is 5.60. The maximum absolute atomic E-state index is 13.0. The third-order valence-corrected chi connectivity index (χ3v) is 7.70. The predicted octanol–water partition coefficient (Wildman–Crippen LogP) is 7.17. The van der Waals surface area contributed by atoms with Crippen molar-refractivity contribution in [2.45, 2.75) is 64.7 Å². The number of carbonyl (C=O) groups is 1. The van der Waals surface area contributed by atoms with Crippen LogP contribution in [0.1, 0.15) is 72.5 Å². The Morgan fingerprint density at radius 3 is 2.31 bits per heavy atom. The molecule has 0 atom stereocenters. The van der Waals surface area contributed by atoms with E-state index in [1.54, 1.807) is 6.20 Å². The highest BCUT2D eigenvalue weighted by Crippen LogP contribution is 2.30. The molecule has 4 N–H and O–H groups in total. The van der Waals surface area contributed by atoms with Crippen molar-refractivity contribution in [1.29, 1.82) is 0 Å². The van der Waals surface area contributed by atoms with Gasteiger partial charge in [-0.2, -0.15) is 0 Å². The molecule has 0 saturated carbocycles. The van der Waals surface area contributed by atoms with E-state index in [-0.39, 0.29) is 11.4 Å². The summed E-state index contributed by atoms with van der Waals surface area (Å²) >= 11 is 0. The number of para-hydroxylation sites is 1. The fourth-order valence-corrected chi connectivity index (χ4v) is 5.60. The van der Waals surface area contributed by atoms with E-state index in [2.05, 4.69) is 52.2 Å². The molecule has 7 heteroatoms. The van der Waals surface area contributed by atoms with Gasteiger partial charge in [0.15, 0.2) is 0 Å². The second kappa shape index (κ2) is 13.6. The lowest BCUT2D eigenvalue weighted by Crippen LogP contribution is -2.36. The fraction of sp³-hybridized carbons (Fsp3) is 0.286. The standard InChI is InChI=1S/C35H40N6O/c1-3-19-35(36,20-4-2)29-14-17-30(18-15-29)40-34(42)28-11-9-26(10-12-28)23-41(25-33-37-21-22-38-33)24-31-16-13-27-7-5-6-8-32(27)39-31/h5-18,21-22H,3-4,19-20,23-25,36H2,1-2H3,(H,37,38)(H,40,42). The number of carbonyl (C=O) groups excluding carboxylic acids is 1. The van der Waals surface area contributed by atoms with Crippen LogP contribution in [0.25, 0.3) is 10.9 Å². The zero-order valence-electron chi connectivity index (χ0n) is 24.5. The largest absolute Gasteiger partial charge is 0.348 e. The molecule has 0 spiro atoms. The zero-order chi connectivity index (χ0) is 29.4. The number of anilines is 1. The van der Waals surface area contributed by atoms with Gasteiger partial charge in [-0.3, -0.25) is 14.7 Å². The lowest BCUT2D eigenvalue weighted by molar-refractivity contribution is 0.102. The molecule has 42 heavy (non-hydrogen) atoms. The average Bonchev–Trinajstić information content (AvgIpc) is 3.51. The first-order valence-corrected chi connectivity index (χ1v) is 14.8. The number of hydrogen-bond donors (Lipinski definition) is 3. The van der Waals surface area contributed by atoms with Crippen molar-refractivity contribution in [3.05, 3.63) is 126 Å². The Morgan fingerprint density at radius 1 is 0.881 bits per heavy atom. The van der Waals surface area contributed by atoms with E-state index in [1.165, 1.54) is 0 Å². The summed E-state index contributed by atoms with van der Waals surface area (Å²) in [4.78, 5) is 27.8. The number of rotatable bonds is 13. The molecule has 0 bridgehead atoms. The molecule has 216 valence electrons. The van der Waals surface area contributed by atoms with Gasteiger partial charge >= 0.3 is 0 Å². The van der Waals surface area contributed by atoms with Crippen LogP contribution in [0.3, 0.4) is 0 Å². The van der Waals surface area contributed by atoms with E-state index >= 15 is 0 Å². The van der Waals surface area contributed by atoms with Gasteiger partial charge in [-0.1, -0.05) is 75.2 Å². The van der Waals surface area contributed by atoms with E-state index in [0.717, 1.165) is 64.9 Å². The van der Waals surface area contributed by atoms with Crippen molar-refractivity contribution < 1.29 is 4.79 Å². The molecule has 3 aromatic carbocycles. The molecule has 0 unspecified atom stereocenters. The van der Waals surface area contributed by atoms with Gasteiger partial charge in [-0.15, -0.1) is 0 Å². The number of aromatic amines is 1. The number of hydrogen-bond acceptors (Lipinski definition) is 5. The van der Waals surface area contributed by atoms with E-state index < -0.39 is 0 Å². The number of fused-ring (bicyclic) bond motifs is 1. The lowest BCUT2D eigenvalue weighted by atomic mass is 9.83. The van der Waals surface area contributed by atoms with Crippen LogP contribution >= 0.6 is 0 Å². The van der Waals surface area contributed by atoms with Crippen LogP contribution in [0, 0.1) is 0 Å². The monoisotopic (exact) mass is 560 g/mol. The summed E-state index contributed by atoms with van der Waals surface area (Å²) in [5.74, 6) is 0.761. The molecule has 5 aromatic rings. The smallest absolute Gasteiger partial charge is 0.255 e. The molecule has 0 saturated heterocycles. The molecule has 0 radical (unpaired) electrons. The quantitative estimate of drug-likeness (QED) is 0.142. The molecule has 1 amide bonds.